The van der Waals surface area contributed by atoms with Crippen LogP contribution in [0.1, 0.15) is 61.8 Å². The molecule has 3 heteroatoms. The fourth-order valence-electron chi connectivity index (χ4n) is 1.59. The summed E-state index contributed by atoms with van der Waals surface area (Å²) in [6.07, 6.45) is 3.31. The monoisotopic (exact) mass is 302 g/mol. The van der Waals surface area contributed by atoms with E-state index in [2.05, 4.69) is 44.1 Å². The zero-order valence-electron chi connectivity index (χ0n) is 16.3. The summed E-state index contributed by atoms with van der Waals surface area (Å²) in [7, 11) is 2.17. The summed E-state index contributed by atoms with van der Waals surface area (Å²) >= 11 is 0. The first kappa shape index (κ1) is 25.6. The SMILES string of the molecule is CC.CC.CC=C(C)C.CCCN(C)CC1COCCN1. The lowest BCUT2D eigenvalue weighted by molar-refractivity contribution is 0.0653. The minimum atomic E-state index is 0.537. The van der Waals surface area contributed by atoms with Crippen LogP contribution < -0.4 is 5.32 Å². The van der Waals surface area contributed by atoms with Crippen molar-refractivity contribution in [2.45, 2.75) is 67.9 Å². The van der Waals surface area contributed by atoms with Gasteiger partial charge in [-0.15, -0.1) is 0 Å². The van der Waals surface area contributed by atoms with Gasteiger partial charge < -0.3 is 15.0 Å². The van der Waals surface area contributed by atoms with Crippen LogP contribution in [0.25, 0.3) is 0 Å². The predicted molar refractivity (Wildman–Crippen MR) is 98.2 cm³/mol. The van der Waals surface area contributed by atoms with E-state index in [0.717, 1.165) is 26.3 Å². The first-order valence-electron chi connectivity index (χ1n) is 8.69. The Kier molecular flexibility index (Phi) is 26.7. The van der Waals surface area contributed by atoms with Gasteiger partial charge >= 0.3 is 0 Å². The molecule has 1 fully saturated rings. The van der Waals surface area contributed by atoms with E-state index in [0.29, 0.717) is 6.04 Å². The largest absolute Gasteiger partial charge is 0.378 e. The van der Waals surface area contributed by atoms with Crippen LogP contribution >= 0.6 is 0 Å². The van der Waals surface area contributed by atoms with Crippen molar-refractivity contribution in [3.8, 4) is 0 Å². The smallest absolute Gasteiger partial charge is 0.0632 e. The first-order chi connectivity index (χ1) is 10.1. The van der Waals surface area contributed by atoms with Crippen molar-refractivity contribution in [1.82, 2.24) is 10.2 Å². The number of ether oxygens (including phenoxy) is 1. The second-order valence-corrected chi connectivity index (χ2v) is 4.85. The Morgan fingerprint density at radius 1 is 1.24 bits per heavy atom. The van der Waals surface area contributed by atoms with Crippen LogP contribution in [0.5, 0.6) is 0 Å². The second kappa shape index (κ2) is 21.9. The van der Waals surface area contributed by atoms with Crippen molar-refractivity contribution < 1.29 is 4.74 Å². The summed E-state index contributed by atoms with van der Waals surface area (Å²) in [5, 5.41) is 3.44. The maximum absolute atomic E-state index is 5.37. The summed E-state index contributed by atoms with van der Waals surface area (Å²) < 4.78 is 5.37. The Morgan fingerprint density at radius 2 is 1.76 bits per heavy atom. The summed E-state index contributed by atoms with van der Waals surface area (Å²) in [6.45, 7) is 21.4. The fourth-order valence-corrected chi connectivity index (χ4v) is 1.59. The van der Waals surface area contributed by atoms with Crippen molar-refractivity contribution in [3.63, 3.8) is 0 Å². The number of likely N-dealkylation sites (N-methyl/N-ethyl adjacent to an activating group) is 1. The third-order valence-corrected chi connectivity index (χ3v) is 2.71. The number of hydrogen-bond donors (Lipinski definition) is 1. The Hall–Kier alpha value is -0.380. The van der Waals surface area contributed by atoms with Crippen LogP contribution in [-0.2, 0) is 4.74 Å². The number of nitrogens with one attached hydrogen (secondary N) is 1. The molecule has 3 nitrogen and oxygen atoms in total. The van der Waals surface area contributed by atoms with Gasteiger partial charge in [0.1, 0.15) is 0 Å². The highest BCUT2D eigenvalue weighted by Crippen LogP contribution is 1.96. The normalized spacial score (nSPS) is 16.4. The average Bonchev–Trinajstić information content (AvgIpc) is 2.53. The van der Waals surface area contributed by atoms with Crippen molar-refractivity contribution in [2.75, 3.05) is 39.9 Å². The van der Waals surface area contributed by atoms with Crippen LogP contribution in [0.4, 0.5) is 0 Å². The molecule has 1 saturated heterocycles. The number of allylic oxidation sites excluding steroid dienone is 2. The number of morpholine rings is 1. The molecule has 0 spiro atoms. The van der Waals surface area contributed by atoms with E-state index in [9.17, 15) is 0 Å². The van der Waals surface area contributed by atoms with E-state index in [-0.39, 0.29) is 0 Å². The Labute approximate surface area is 135 Å². The zero-order valence-corrected chi connectivity index (χ0v) is 16.3. The molecule has 21 heavy (non-hydrogen) atoms. The molecule has 1 N–H and O–H groups in total. The quantitative estimate of drug-likeness (QED) is 0.782. The Bertz CT molecular complexity index is 195. The van der Waals surface area contributed by atoms with Crippen molar-refractivity contribution in [1.29, 1.82) is 0 Å². The van der Waals surface area contributed by atoms with Crippen molar-refractivity contribution >= 4 is 0 Å². The van der Waals surface area contributed by atoms with E-state index in [1.54, 1.807) is 0 Å². The summed E-state index contributed by atoms with van der Waals surface area (Å²) in [6, 6.07) is 0.537. The molecule has 0 bridgehead atoms. The molecular formula is C18H42N2O. The van der Waals surface area contributed by atoms with E-state index < -0.39 is 0 Å². The number of rotatable bonds is 4. The van der Waals surface area contributed by atoms with E-state index >= 15 is 0 Å². The average molecular weight is 303 g/mol. The topological polar surface area (TPSA) is 24.5 Å². The lowest BCUT2D eigenvalue weighted by atomic mass is 10.2. The van der Waals surface area contributed by atoms with Gasteiger partial charge in [0, 0.05) is 19.1 Å². The molecule has 0 aromatic rings. The second-order valence-electron chi connectivity index (χ2n) is 4.85. The summed E-state index contributed by atoms with van der Waals surface area (Å²) in [5.74, 6) is 0. The molecule has 0 saturated carbocycles. The molecule has 0 aromatic carbocycles. The van der Waals surface area contributed by atoms with Gasteiger partial charge in [-0.3, -0.25) is 0 Å². The minimum Gasteiger partial charge on any atom is -0.378 e. The van der Waals surface area contributed by atoms with E-state index in [4.69, 9.17) is 4.74 Å². The van der Waals surface area contributed by atoms with Crippen molar-refractivity contribution in [3.05, 3.63) is 11.6 Å². The Morgan fingerprint density at radius 3 is 2.10 bits per heavy atom. The zero-order chi connectivity index (χ0) is 17.1. The molecule has 1 aliphatic heterocycles. The molecule has 130 valence electrons. The molecule has 0 amide bonds. The molecule has 0 radical (unpaired) electrons. The lowest BCUT2D eigenvalue weighted by Gasteiger charge is -2.27. The number of nitrogens with zero attached hydrogens (tertiary/aromatic N) is 1. The summed E-state index contributed by atoms with van der Waals surface area (Å²) in [5.41, 5.74) is 1.38. The molecule has 1 atom stereocenters. The van der Waals surface area contributed by atoms with Gasteiger partial charge in [-0.25, -0.2) is 0 Å². The van der Waals surface area contributed by atoms with Crippen LogP contribution in [0.2, 0.25) is 0 Å². The third kappa shape index (κ3) is 22.1. The minimum absolute atomic E-state index is 0.537. The van der Waals surface area contributed by atoms with Gasteiger partial charge in [0.05, 0.1) is 13.2 Å². The molecular weight excluding hydrogens is 260 g/mol. The maximum atomic E-state index is 5.37. The van der Waals surface area contributed by atoms with Gasteiger partial charge in [-0.1, -0.05) is 46.3 Å². The highest BCUT2D eigenvalue weighted by atomic mass is 16.5. The molecule has 1 heterocycles. The van der Waals surface area contributed by atoms with Crippen LogP contribution in [0.15, 0.2) is 11.6 Å². The van der Waals surface area contributed by atoms with Gasteiger partial charge in [-0.05, 0) is 40.8 Å². The predicted octanol–water partition coefficient (Wildman–Crippen LogP) is 4.34. The highest BCUT2D eigenvalue weighted by molar-refractivity contribution is 4.88. The standard InChI is InChI=1S/C9H20N2O.C5H10.2C2H6/c1-3-5-11(2)7-9-8-12-6-4-10-9;1-4-5(2)3;2*1-2/h9-10H,3-8H2,1-2H3;4H,1-3H3;2*1-2H3. The van der Waals surface area contributed by atoms with E-state index in [1.807, 2.05) is 34.6 Å². The fraction of sp³-hybridized carbons (Fsp3) is 0.889. The molecule has 1 rings (SSSR count). The van der Waals surface area contributed by atoms with Crippen LogP contribution in [0, 0.1) is 0 Å². The van der Waals surface area contributed by atoms with Crippen LogP contribution in [-0.4, -0.2) is 50.8 Å². The molecule has 0 aliphatic carbocycles. The van der Waals surface area contributed by atoms with Gasteiger partial charge in [0.15, 0.2) is 0 Å². The molecule has 0 aromatic heterocycles. The maximum Gasteiger partial charge on any atom is 0.0632 e. The third-order valence-electron chi connectivity index (χ3n) is 2.71. The van der Waals surface area contributed by atoms with E-state index in [1.165, 1.54) is 18.5 Å². The first-order valence-corrected chi connectivity index (χ1v) is 8.69. The summed E-state index contributed by atoms with van der Waals surface area (Å²) in [4.78, 5) is 2.35. The van der Waals surface area contributed by atoms with Gasteiger partial charge in [-0.2, -0.15) is 0 Å². The molecule has 1 unspecified atom stereocenters. The lowest BCUT2D eigenvalue weighted by Crippen LogP contribution is -2.47. The van der Waals surface area contributed by atoms with Crippen LogP contribution in [0.3, 0.4) is 0 Å². The highest BCUT2D eigenvalue weighted by Gasteiger charge is 2.13. The van der Waals surface area contributed by atoms with Gasteiger partial charge in [0.25, 0.3) is 0 Å². The Balaban J connectivity index is -0.000000304. The molecule has 1 aliphatic rings. The van der Waals surface area contributed by atoms with Crippen molar-refractivity contribution in [2.24, 2.45) is 0 Å². The number of hydrogen-bond acceptors (Lipinski definition) is 3. The van der Waals surface area contributed by atoms with Gasteiger partial charge in [0.2, 0.25) is 0 Å².